The SMILES string of the molecule is Fc1cc(Cl)ccc1CNCCc1nnc2ccccn12. The third-order valence-electron chi connectivity index (χ3n) is 3.24. The van der Waals surface area contributed by atoms with Gasteiger partial charge in [-0.15, -0.1) is 10.2 Å². The summed E-state index contributed by atoms with van der Waals surface area (Å²) in [6.07, 6.45) is 2.66. The van der Waals surface area contributed by atoms with Gasteiger partial charge in [0.2, 0.25) is 0 Å². The molecule has 0 radical (unpaired) electrons. The summed E-state index contributed by atoms with van der Waals surface area (Å²) in [6, 6.07) is 10.5. The second kappa shape index (κ2) is 6.20. The van der Waals surface area contributed by atoms with E-state index in [1.165, 1.54) is 6.07 Å². The van der Waals surface area contributed by atoms with Crippen molar-refractivity contribution in [3.63, 3.8) is 0 Å². The van der Waals surface area contributed by atoms with Gasteiger partial charge in [-0.1, -0.05) is 23.7 Å². The first-order chi connectivity index (χ1) is 10.2. The summed E-state index contributed by atoms with van der Waals surface area (Å²) in [7, 11) is 0. The van der Waals surface area contributed by atoms with Crippen molar-refractivity contribution < 1.29 is 4.39 Å². The van der Waals surface area contributed by atoms with E-state index in [-0.39, 0.29) is 5.82 Å². The summed E-state index contributed by atoms with van der Waals surface area (Å²) in [5.41, 5.74) is 1.43. The van der Waals surface area contributed by atoms with Gasteiger partial charge in [0.25, 0.3) is 0 Å². The molecule has 0 saturated carbocycles. The molecule has 6 heteroatoms. The van der Waals surface area contributed by atoms with E-state index in [4.69, 9.17) is 11.6 Å². The molecular formula is C15H14ClFN4. The molecule has 3 rings (SSSR count). The first kappa shape index (κ1) is 14.0. The first-order valence-corrected chi connectivity index (χ1v) is 7.05. The highest BCUT2D eigenvalue weighted by Crippen LogP contribution is 2.14. The summed E-state index contributed by atoms with van der Waals surface area (Å²) in [6.45, 7) is 1.15. The summed E-state index contributed by atoms with van der Waals surface area (Å²) >= 11 is 5.72. The monoisotopic (exact) mass is 304 g/mol. The number of hydrogen-bond donors (Lipinski definition) is 1. The van der Waals surface area contributed by atoms with Crippen LogP contribution in [0.15, 0.2) is 42.6 Å². The lowest BCUT2D eigenvalue weighted by Gasteiger charge is -2.06. The number of rotatable bonds is 5. The number of hydrogen-bond acceptors (Lipinski definition) is 3. The van der Waals surface area contributed by atoms with E-state index in [0.717, 1.165) is 17.9 Å². The highest BCUT2D eigenvalue weighted by Gasteiger charge is 2.05. The van der Waals surface area contributed by atoms with E-state index in [1.54, 1.807) is 12.1 Å². The molecule has 0 aliphatic heterocycles. The molecule has 0 bridgehead atoms. The van der Waals surface area contributed by atoms with Crippen molar-refractivity contribution in [2.24, 2.45) is 0 Å². The minimum Gasteiger partial charge on any atom is -0.312 e. The van der Waals surface area contributed by atoms with Gasteiger partial charge in [-0.25, -0.2) is 4.39 Å². The minimum atomic E-state index is -0.289. The number of nitrogens with zero attached hydrogens (tertiary/aromatic N) is 3. The Labute approximate surface area is 126 Å². The molecular weight excluding hydrogens is 291 g/mol. The van der Waals surface area contributed by atoms with Crippen LogP contribution in [0.5, 0.6) is 0 Å². The molecule has 0 atom stereocenters. The Morgan fingerprint density at radius 3 is 2.95 bits per heavy atom. The number of halogens is 2. The van der Waals surface area contributed by atoms with Crippen LogP contribution in [0.2, 0.25) is 5.02 Å². The van der Waals surface area contributed by atoms with E-state index in [1.807, 2.05) is 28.8 Å². The fourth-order valence-electron chi connectivity index (χ4n) is 2.15. The minimum absolute atomic E-state index is 0.289. The molecule has 0 fully saturated rings. The van der Waals surface area contributed by atoms with Crippen molar-refractivity contribution in [3.8, 4) is 0 Å². The van der Waals surface area contributed by atoms with Gasteiger partial charge in [0, 0.05) is 36.3 Å². The zero-order valence-electron chi connectivity index (χ0n) is 11.3. The van der Waals surface area contributed by atoms with Gasteiger partial charge in [0.15, 0.2) is 5.65 Å². The Morgan fingerprint density at radius 2 is 2.10 bits per heavy atom. The Kier molecular flexibility index (Phi) is 4.13. The Hall–Kier alpha value is -1.98. The zero-order valence-corrected chi connectivity index (χ0v) is 12.0. The predicted molar refractivity (Wildman–Crippen MR) is 79.8 cm³/mol. The smallest absolute Gasteiger partial charge is 0.160 e. The van der Waals surface area contributed by atoms with E-state index in [2.05, 4.69) is 15.5 Å². The van der Waals surface area contributed by atoms with Crippen molar-refractivity contribution in [1.82, 2.24) is 19.9 Å². The standard InChI is InChI=1S/C15H14ClFN4/c16-12-5-4-11(13(17)9-12)10-18-7-6-15-20-19-14-3-1-2-8-21(14)15/h1-5,8-9,18H,6-7,10H2. The van der Waals surface area contributed by atoms with Crippen molar-refractivity contribution in [2.45, 2.75) is 13.0 Å². The van der Waals surface area contributed by atoms with Crippen molar-refractivity contribution >= 4 is 17.2 Å². The van der Waals surface area contributed by atoms with E-state index in [9.17, 15) is 4.39 Å². The van der Waals surface area contributed by atoms with E-state index in [0.29, 0.717) is 23.7 Å². The van der Waals surface area contributed by atoms with Gasteiger partial charge in [-0.05, 0) is 24.3 Å². The molecule has 4 nitrogen and oxygen atoms in total. The van der Waals surface area contributed by atoms with Gasteiger partial charge < -0.3 is 5.32 Å². The van der Waals surface area contributed by atoms with E-state index < -0.39 is 0 Å². The fraction of sp³-hybridized carbons (Fsp3) is 0.200. The number of nitrogens with one attached hydrogen (secondary N) is 1. The fourth-order valence-corrected chi connectivity index (χ4v) is 2.31. The van der Waals surface area contributed by atoms with Gasteiger partial charge >= 0.3 is 0 Å². The second-order valence-electron chi connectivity index (χ2n) is 4.71. The van der Waals surface area contributed by atoms with Crippen LogP contribution in [0.4, 0.5) is 4.39 Å². The number of aromatic nitrogens is 3. The van der Waals surface area contributed by atoms with Gasteiger partial charge in [0.05, 0.1) is 0 Å². The third-order valence-corrected chi connectivity index (χ3v) is 3.48. The summed E-state index contributed by atoms with van der Waals surface area (Å²) in [5.74, 6) is 0.595. The van der Waals surface area contributed by atoms with Crippen LogP contribution in [0.3, 0.4) is 0 Å². The molecule has 21 heavy (non-hydrogen) atoms. The maximum atomic E-state index is 13.6. The lowest BCUT2D eigenvalue weighted by molar-refractivity contribution is 0.586. The topological polar surface area (TPSA) is 42.2 Å². The maximum Gasteiger partial charge on any atom is 0.160 e. The molecule has 2 aromatic heterocycles. The van der Waals surface area contributed by atoms with Crippen LogP contribution >= 0.6 is 11.6 Å². The normalized spacial score (nSPS) is 11.1. The quantitative estimate of drug-likeness (QED) is 0.737. The van der Waals surface area contributed by atoms with Crippen LogP contribution in [-0.4, -0.2) is 21.1 Å². The largest absolute Gasteiger partial charge is 0.312 e. The molecule has 0 aliphatic carbocycles. The number of fused-ring (bicyclic) bond motifs is 1. The molecule has 2 heterocycles. The van der Waals surface area contributed by atoms with Crippen molar-refractivity contribution in [3.05, 3.63) is 64.8 Å². The highest BCUT2D eigenvalue weighted by molar-refractivity contribution is 6.30. The van der Waals surface area contributed by atoms with Crippen molar-refractivity contribution in [2.75, 3.05) is 6.54 Å². The van der Waals surface area contributed by atoms with Gasteiger partial charge in [0.1, 0.15) is 11.6 Å². The Balaban J connectivity index is 1.57. The zero-order chi connectivity index (χ0) is 14.7. The average Bonchev–Trinajstić information content (AvgIpc) is 2.89. The molecule has 1 aromatic carbocycles. The van der Waals surface area contributed by atoms with Crippen molar-refractivity contribution in [1.29, 1.82) is 0 Å². The molecule has 0 amide bonds. The van der Waals surface area contributed by atoms with Crippen LogP contribution < -0.4 is 5.32 Å². The van der Waals surface area contributed by atoms with Crippen LogP contribution in [0, 0.1) is 5.82 Å². The van der Waals surface area contributed by atoms with Crippen LogP contribution in [0.25, 0.3) is 5.65 Å². The predicted octanol–water partition coefficient (Wildman–Crippen LogP) is 2.85. The van der Waals surface area contributed by atoms with Crippen LogP contribution in [0.1, 0.15) is 11.4 Å². The molecule has 1 N–H and O–H groups in total. The Bertz CT molecular complexity index is 756. The second-order valence-corrected chi connectivity index (χ2v) is 5.14. The molecule has 3 aromatic rings. The third kappa shape index (κ3) is 3.20. The molecule has 0 saturated heterocycles. The molecule has 0 spiro atoms. The molecule has 108 valence electrons. The summed E-state index contributed by atoms with van der Waals surface area (Å²) in [4.78, 5) is 0. The highest BCUT2D eigenvalue weighted by atomic mass is 35.5. The van der Waals surface area contributed by atoms with E-state index >= 15 is 0 Å². The average molecular weight is 305 g/mol. The van der Waals surface area contributed by atoms with Gasteiger partial charge in [-0.3, -0.25) is 4.40 Å². The number of benzene rings is 1. The molecule has 0 unspecified atom stereocenters. The summed E-state index contributed by atoms with van der Waals surface area (Å²) < 4.78 is 15.6. The lowest BCUT2D eigenvalue weighted by Crippen LogP contribution is -2.18. The Morgan fingerprint density at radius 1 is 1.19 bits per heavy atom. The first-order valence-electron chi connectivity index (χ1n) is 6.67. The molecule has 0 aliphatic rings. The maximum absolute atomic E-state index is 13.6. The van der Waals surface area contributed by atoms with Crippen LogP contribution in [-0.2, 0) is 13.0 Å². The summed E-state index contributed by atoms with van der Waals surface area (Å²) in [5, 5.41) is 11.8. The lowest BCUT2D eigenvalue weighted by atomic mass is 10.2. The number of pyridine rings is 1. The van der Waals surface area contributed by atoms with Gasteiger partial charge in [-0.2, -0.15) is 0 Å².